The third-order valence-corrected chi connectivity index (χ3v) is 4.72. The SMILES string of the molecule is O=C(NC(Cc1ccccc1)C(=O)NCCCc1ccccc1)c1ccccc1. The fourth-order valence-electron chi connectivity index (χ4n) is 3.16. The summed E-state index contributed by atoms with van der Waals surface area (Å²) in [5.74, 6) is -0.405. The highest BCUT2D eigenvalue weighted by Gasteiger charge is 2.21. The molecule has 1 unspecified atom stereocenters. The Balaban J connectivity index is 1.58. The van der Waals surface area contributed by atoms with Gasteiger partial charge in [0.15, 0.2) is 0 Å². The Hall–Kier alpha value is -3.40. The van der Waals surface area contributed by atoms with Crippen molar-refractivity contribution in [3.63, 3.8) is 0 Å². The van der Waals surface area contributed by atoms with Gasteiger partial charge < -0.3 is 10.6 Å². The minimum absolute atomic E-state index is 0.161. The Morgan fingerprint density at radius 2 is 1.28 bits per heavy atom. The Morgan fingerprint density at radius 3 is 1.90 bits per heavy atom. The van der Waals surface area contributed by atoms with E-state index in [0.717, 1.165) is 18.4 Å². The lowest BCUT2D eigenvalue weighted by atomic mass is 10.0. The molecule has 1 atom stereocenters. The van der Waals surface area contributed by atoms with Crippen LogP contribution >= 0.6 is 0 Å². The predicted molar refractivity (Wildman–Crippen MR) is 116 cm³/mol. The van der Waals surface area contributed by atoms with E-state index < -0.39 is 6.04 Å². The summed E-state index contributed by atoms with van der Waals surface area (Å²) in [6.45, 7) is 0.570. The van der Waals surface area contributed by atoms with Crippen LogP contribution in [0.25, 0.3) is 0 Å². The van der Waals surface area contributed by atoms with Crippen LogP contribution in [0.2, 0.25) is 0 Å². The van der Waals surface area contributed by atoms with E-state index in [9.17, 15) is 9.59 Å². The molecule has 3 aromatic carbocycles. The maximum Gasteiger partial charge on any atom is 0.251 e. The van der Waals surface area contributed by atoms with Crippen molar-refractivity contribution in [2.24, 2.45) is 0 Å². The maximum absolute atomic E-state index is 12.8. The normalized spacial score (nSPS) is 11.4. The standard InChI is InChI=1S/C25H26N2O2/c28-24(22-16-8-3-9-17-22)27-23(19-21-13-6-2-7-14-21)25(29)26-18-10-15-20-11-4-1-5-12-20/h1-9,11-14,16-17,23H,10,15,18-19H2,(H,26,29)(H,27,28). The highest BCUT2D eigenvalue weighted by Crippen LogP contribution is 2.06. The van der Waals surface area contributed by atoms with Crippen molar-refractivity contribution < 1.29 is 9.59 Å². The zero-order chi connectivity index (χ0) is 20.3. The van der Waals surface area contributed by atoms with Gasteiger partial charge in [0.1, 0.15) is 6.04 Å². The lowest BCUT2D eigenvalue weighted by Gasteiger charge is -2.19. The molecule has 0 fully saturated rings. The quantitative estimate of drug-likeness (QED) is 0.550. The fourth-order valence-corrected chi connectivity index (χ4v) is 3.16. The molecule has 0 saturated heterocycles. The molecule has 0 aliphatic carbocycles. The predicted octanol–water partition coefficient (Wildman–Crippen LogP) is 3.78. The molecule has 4 nitrogen and oxygen atoms in total. The van der Waals surface area contributed by atoms with Crippen LogP contribution in [-0.2, 0) is 17.6 Å². The summed E-state index contributed by atoms with van der Waals surface area (Å²) in [6, 6.07) is 28.3. The van der Waals surface area contributed by atoms with Crippen molar-refractivity contribution in [3.8, 4) is 0 Å². The molecular formula is C25H26N2O2. The number of amides is 2. The molecule has 0 heterocycles. The largest absolute Gasteiger partial charge is 0.354 e. The van der Waals surface area contributed by atoms with Crippen molar-refractivity contribution >= 4 is 11.8 Å². The average molecular weight is 386 g/mol. The third-order valence-electron chi connectivity index (χ3n) is 4.72. The van der Waals surface area contributed by atoms with Crippen molar-refractivity contribution in [2.75, 3.05) is 6.54 Å². The van der Waals surface area contributed by atoms with Crippen LogP contribution in [0.15, 0.2) is 91.0 Å². The first-order chi connectivity index (χ1) is 14.2. The Morgan fingerprint density at radius 1 is 0.724 bits per heavy atom. The summed E-state index contributed by atoms with van der Waals surface area (Å²) >= 11 is 0. The molecule has 0 radical (unpaired) electrons. The molecule has 148 valence electrons. The minimum Gasteiger partial charge on any atom is -0.354 e. The highest BCUT2D eigenvalue weighted by atomic mass is 16.2. The number of benzene rings is 3. The van der Waals surface area contributed by atoms with Crippen LogP contribution < -0.4 is 10.6 Å². The van der Waals surface area contributed by atoms with Crippen LogP contribution in [0.5, 0.6) is 0 Å². The zero-order valence-electron chi connectivity index (χ0n) is 16.4. The molecular weight excluding hydrogens is 360 g/mol. The van der Waals surface area contributed by atoms with Gasteiger partial charge in [-0.25, -0.2) is 0 Å². The molecule has 29 heavy (non-hydrogen) atoms. The summed E-state index contributed by atoms with van der Waals surface area (Å²) in [5.41, 5.74) is 2.80. The Bertz CT molecular complexity index is 896. The van der Waals surface area contributed by atoms with Gasteiger partial charge in [-0.1, -0.05) is 78.9 Å². The summed E-state index contributed by atoms with van der Waals surface area (Å²) in [5, 5.41) is 5.87. The van der Waals surface area contributed by atoms with Gasteiger partial charge in [-0.2, -0.15) is 0 Å². The van der Waals surface area contributed by atoms with E-state index in [0.29, 0.717) is 18.5 Å². The highest BCUT2D eigenvalue weighted by molar-refractivity contribution is 5.97. The fraction of sp³-hybridized carbons (Fsp3) is 0.200. The van der Waals surface area contributed by atoms with E-state index in [1.807, 2.05) is 66.7 Å². The molecule has 3 rings (SSSR count). The van der Waals surface area contributed by atoms with E-state index in [2.05, 4.69) is 22.8 Å². The molecule has 0 saturated carbocycles. The first-order valence-electron chi connectivity index (χ1n) is 9.94. The summed E-state index contributed by atoms with van der Waals surface area (Å²) in [6.07, 6.45) is 2.20. The second-order valence-electron chi connectivity index (χ2n) is 6.96. The van der Waals surface area contributed by atoms with Gasteiger partial charge in [-0.3, -0.25) is 9.59 Å². The van der Waals surface area contributed by atoms with E-state index >= 15 is 0 Å². The number of hydrogen-bond acceptors (Lipinski definition) is 2. The molecule has 0 aromatic heterocycles. The molecule has 0 spiro atoms. The number of aryl methyl sites for hydroxylation is 1. The molecule has 2 N–H and O–H groups in total. The van der Waals surface area contributed by atoms with Crippen LogP contribution in [0.4, 0.5) is 0 Å². The second kappa shape index (κ2) is 10.8. The Labute approximate surface area is 172 Å². The summed E-state index contributed by atoms with van der Waals surface area (Å²) in [4.78, 5) is 25.4. The number of rotatable bonds is 9. The molecule has 3 aromatic rings. The zero-order valence-corrected chi connectivity index (χ0v) is 16.4. The van der Waals surface area contributed by atoms with Gasteiger partial charge in [-0.15, -0.1) is 0 Å². The van der Waals surface area contributed by atoms with Crippen molar-refractivity contribution in [1.29, 1.82) is 0 Å². The van der Waals surface area contributed by atoms with Gasteiger partial charge in [-0.05, 0) is 36.1 Å². The van der Waals surface area contributed by atoms with Crippen molar-refractivity contribution in [2.45, 2.75) is 25.3 Å². The van der Waals surface area contributed by atoms with Gasteiger partial charge in [0.2, 0.25) is 5.91 Å². The van der Waals surface area contributed by atoms with E-state index in [1.54, 1.807) is 12.1 Å². The lowest BCUT2D eigenvalue weighted by molar-refractivity contribution is -0.122. The smallest absolute Gasteiger partial charge is 0.251 e. The van der Waals surface area contributed by atoms with Crippen LogP contribution in [0.3, 0.4) is 0 Å². The minimum atomic E-state index is -0.623. The lowest BCUT2D eigenvalue weighted by Crippen LogP contribution is -2.48. The summed E-state index contributed by atoms with van der Waals surface area (Å²) < 4.78 is 0. The van der Waals surface area contributed by atoms with Gasteiger partial charge in [0.05, 0.1) is 0 Å². The molecule has 4 heteroatoms. The van der Waals surface area contributed by atoms with Crippen LogP contribution in [0, 0.1) is 0 Å². The average Bonchev–Trinajstić information content (AvgIpc) is 2.78. The monoisotopic (exact) mass is 386 g/mol. The van der Waals surface area contributed by atoms with Gasteiger partial charge >= 0.3 is 0 Å². The first-order valence-corrected chi connectivity index (χ1v) is 9.94. The number of hydrogen-bond donors (Lipinski definition) is 2. The van der Waals surface area contributed by atoms with E-state index in [4.69, 9.17) is 0 Å². The van der Waals surface area contributed by atoms with Crippen molar-refractivity contribution in [1.82, 2.24) is 10.6 Å². The van der Waals surface area contributed by atoms with Gasteiger partial charge in [0, 0.05) is 18.5 Å². The first kappa shape index (κ1) is 20.3. The van der Waals surface area contributed by atoms with E-state index in [-0.39, 0.29) is 11.8 Å². The van der Waals surface area contributed by atoms with Crippen LogP contribution in [-0.4, -0.2) is 24.4 Å². The third kappa shape index (κ3) is 6.61. The summed E-state index contributed by atoms with van der Waals surface area (Å²) in [7, 11) is 0. The van der Waals surface area contributed by atoms with Crippen molar-refractivity contribution in [3.05, 3.63) is 108 Å². The number of carbonyl (C=O) groups is 2. The molecule has 2 amide bonds. The number of nitrogens with one attached hydrogen (secondary N) is 2. The van der Waals surface area contributed by atoms with Gasteiger partial charge in [0.25, 0.3) is 5.91 Å². The number of carbonyl (C=O) groups excluding carboxylic acids is 2. The van der Waals surface area contributed by atoms with E-state index in [1.165, 1.54) is 5.56 Å². The molecule has 0 aliphatic heterocycles. The molecule has 0 bridgehead atoms. The second-order valence-corrected chi connectivity index (χ2v) is 6.96. The topological polar surface area (TPSA) is 58.2 Å². The Kier molecular flexibility index (Phi) is 7.58. The molecule has 0 aliphatic rings. The maximum atomic E-state index is 12.8. The van der Waals surface area contributed by atoms with Crippen LogP contribution in [0.1, 0.15) is 27.9 Å².